The maximum absolute atomic E-state index is 13.7. The minimum atomic E-state index is -4.59. The van der Waals surface area contributed by atoms with Crippen LogP contribution in [-0.2, 0) is 45.7 Å². The van der Waals surface area contributed by atoms with Crippen molar-refractivity contribution in [3.63, 3.8) is 0 Å². The Balaban J connectivity index is 0.000000207. The molecule has 3 aliphatic rings. The number of hydrogen-bond acceptors (Lipinski definition) is 10. The maximum Gasteiger partial charge on any atom is 0.416 e. The molecule has 424 valence electrons. The van der Waals surface area contributed by atoms with Crippen molar-refractivity contribution in [1.82, 2.24) is 9.80 Å². The van der Waals surface area contributed by atoms with Crippen LogP contribution in [0.25, 0.3) is 0 Å². The number of morpholine rings is 2. The molecule has 5 aromatic carbocycles. The van der Waals surface area contributed by atoms with E-state index in [4.69, 9.17) is 18.9 Å². The maximum atomic E-state index is 13.7. The second kappa shape index (κ2) is 26.3. The van der Waals surface area contributed by atoms with Crippen LogP contribution >= 0.6 is 7.92 Å². The average Bonchev–Trinajstić information content (AvgIpc) is 3.97. The third kappa shape index (κ3) is 14.4. The molecule has 2 fully saturated rings. The predicted molar refractivity (Wildman–Crippen MR) is 295 cm³/mol. The van der Waals surface area contributed by atoms with E-state index >= 15 is 0 Å². The van der Waals surface area contributed by atoms with Crippen molar-refractivity contribution in [3.8, 4) is 0 Å². The molecule has 0 aliphatic carbocycles. The summed E-state index contributed by atoms with van der Waals surface area (Å²) in [6.45, 7) is 19.5. The highest BCUT2D eigenvalue weighted by atomic mass is 31.1. The zero-order valence-corrected chi connectivity index (χ0v) is 46.3. The van der Waals surface area contributed by atoms with E-state index in [1.54, 1.807) is 67.6 Å². The molecule has 3 aliphatic heterocycles. The molecule has 0 saturated carbocycles. The first-order valence-corrected chi connectivity index (χ1v) is 27.2. The van der Waals surface area contributed by atoms with Gasteiger partial charge in [0, 0.05) is 23.1 Å². The van der Waals surface area contributed by atoms with Crippen molar-refractivity contribution in [3.05, 3.63) is 186 Å². The number of aliphatic imine (C=N–C) groups is 1. The lowest BCUT2D eigenvalue weighted by Crippen LogP contribution is -2.62. The van der Waals surface area contributed by atoms with Crippen LogP contribution in [0, 0.1) is 12.3 Å². The van der Waals surface area contributed by atoms with Crippen LogP contribution in [-0.4, -0.2) is 102 Å². The fourth-order valence-electron chi connectivity index (χ4n) is 8.83. The van der Waals surface area contributed by atoms with Crippen LogP contribution in [0.3, 0.4) is 0 Å². The van der Waals surface area contributed by atoms with Gasteiger partial charge in [-0.15, -0.1) is 6.58 Å². The molecular weight excluding hydrogens is 1060 g/mol. The van der Waals surface area contributed by atoms with Gasteiger partial charge in [0.25, 0.3) is 23.6 Å². The summed E-state index contributed by atoms with van der Waals surface area (Å²) < 4.78 is 103. The molecule has 8 rings (SSSR count). The number of hydrogen-bond donors (Lipinski definition) is 0. The standard InChI is InChI=1S/C28H26F6NOP.C17H19NO5.C16H19NO3/c1-17-5-10-20(11-6-17)37(21-12-7-18(8-13-21)27(29,30)31)23-14-9-19(28(32,33)34)15-22(23)25-35-24(16-36-25)26(2,3)4;1-3-11-22-16(21)17(4-2)15(20)18(10-12-23-17)14(19)13-8-6-5-7-9-13;1-3-10-16(4-2)15(19)17(11-12-20-16)14(18)13-8-6-5-7-9-13/h5-15,24H,16H2,1-4H3;3,5-9H,1,4,10-12H2,2H3;3,5-9H,1,4,10-12H2,2H3/t24-,37?;;16-/m0.1/s1. The van der Waals surface area contributed by atoms with Gasteiger partial charge in [-0.3, -0.25) is 29.0 Å². The third-order valence-electron chi connectivity index (χ3n) is 13.5. The van der Waals surface area contributed by atoms with Crippen molar-refractivity contribution in [2.24, 2.45) is 10.4 Å². The van der Waals surface area contributed by atoms with Crippen molar-refractivity contribution in [2.45, 2.75) is 90.4 Å². The summed E-state index contributed by atoms with van der Waals surface area (Å²) in [5, 5.41) is 1.88. The number of amides is 4. The number of benzene rings is 5. The predicted octanol–water partition coefficient (Wildman–Crippen LogP) is 11.0. The molecule has 2 saturated heterocycles. The van der Waals surface area contributed by atoms with Crippen LogP contribution in [0.1, 0.15) is 96.9 Å². The summed E-state index contributed by atoms with van der Waals surface area (Å²) in [5.74, 6) is -2.34. The first-order valence-electron chi connectivity index (χ1n) is 25.8. The van der Waals surface area contributed by atoms with Gasteiger partial charge in [0.2, 0.25) is 11.5 Å². The number of alkyl halides is 6. The summed E-state index contributed by atoms with van der Waals surface area (Å²) in [4.78, 5) is 69.6. The summed E-state index contributed by atoms with van der Waals surface area (Å²) in [7, 11) is -1.53. The van der Waals surface area contributed by atoms with Crippen molar-refractivity contribution < 1.29 is 69.3 Å². The highest BCUT2D eigenvalue weighted by Gasteiger charge is 2.53. The van der Waals surface area contributed by atoms with Gasteiger partial charge in [-0.25, -0.2) is 9.79 Å². The Bertz CT molecular complexity index is 3040. The van der Waals surface area contributed by atoms with Gasteiger partial charge >= 0.3 is 18.3 Å². The van der Waals surface area contributed by atoms with Crippen LogP contribution in [0.5, 0.6) is 0 Å². The number of ether oxygens (including phenoxy) is 4. The number of rotatable bonds is 13. The fraction of sp³-hybridized carbons (Fsp3) is 0.344. The minimum Gasteiger partial charge on any atom is -0.475 e. The van der Waals surface area contributed by atoms with Gasteiger partial charge in [0.15, 0.2) is 5.60 Å². The molecule has 12 nitrogen and oxygen atoms in total. The van der Waals surface area contributed by atoms with Crippen LogP contribution in [0.15, 0.2) is 158 Å². The molecule has 19 heteroatoms. The molecule has 5 aromatic rings. The number of esters is 1. The Hall–Kier alpha value is -7.27. The molecule has 4 amide bonds. The van der Waals surface area contributed by atoms with E-state index in [2.05, 4.69) is 18.2 Å². The van der Waals surface area contributed by atoms with Crippen LogP contribution < -0.4 is 15.9 Å². The quantitative estimate of drug-likeness (QED) is 0.0281. The van der Waals surface area contributed by atoms with Crippen LogP contribution in [0.2, 0.25) is 0 Å². The molecule has 0 aromatic heterocycles. The average molecular weight is 1130 g/mol. The number of nitrogens with zero attached hydrogens (tertiary/aromatic N) is 3. The second-order valence-electron chi connectivity index (χ2n) is 19.9. The van der Waals surface area contributed by atoms with Crippen molar-refractivity contribution >= 4 is 59.3 Å². The largest absolute Gasteiger partial charge is 0.475 e. The van der Waals surface area contributed by atoms with E-state index in [0.29, 0.717) is 47.7 Å². The molecule has 0 N–H and O–H groups in total. The Morgan fingerprint density at radius 3 is 1.69 bits per heavy atom. The van der Waals surface area contributed by atoms with Gasteiger partial charge in [0.05, 0.1) is 43.5 Å². The molecule has 80 heavy (non-hydrogen) atoms. The molecule has 2 unspecified atom stereocenters. The van der Waals surface area contributed by atoms with Gasteiger partial charge < -0.3 is 18.9 Å². The Morgan fingerprint density at radius 2 is 1.21 bits per heavy atom. The van der Waals surface area contributed by atoms with E-state index in [0.717, 1.165) is 40.0 Å². The Morgan fingerprint density at radius 1 is 0.700 bits per heavy atom. The van der Waals surface area contributed by atoms with Crippen LogP contribution in [0.4, 0.5) is 26.3 Å². The smallest absolute Gasteiger partial charge is 0.416 e. The van der Waals surface area contributed by atoms with E-state index in [9.17, 15) is 50.3 Å². The van der Waals surface area contributed by atoms with Crippen molar-refractivity contribution in [1.29, 1.82) is 0 Å². The minimum absolute atomic E-state index is 0.0240. The first kappa shape index (κ1) is 61.9. The van der Waals surface area contributed by atoms with Gasteiger partial charge in [-0.1, -0.05) is 138 Å². The monoisotopic (exact) mass is 1130 g/mol. The molecular formula is C61H64F6N3O9P. The molecule has 4 atom stereocenters. The third-order valence-corrected chi connectivity index (χ3v) is 16.0. The van der Waals surface area contributed by atoms with Crippen molar-refractivity contribution in [2.75, 3.05) is 39.5 Å². The molecule has 0 radical (unpaired) electrons. The van der Waals surface area contributed by atoms with E-state index in [1.807, 2.05) is 65.0 Å². The fourth-order valence-corrected chi connectivity index (χ4v) is 11.2. The van der Waals surface area contributed by atoms with E-state index < -0.39 is 60.4 Å². The van der Waals surface area contributed by atoms with E-state index in [-0.39, 0.29) is 67.5 Å². The number of halogens is 6. The Kier molecular flexibility index (Phi) is 20.4. The van der Waals surface area contributed by atoms with E-state index in [1.165, 1.54) is 29.2 Å². The summed E-state index contributed by atoms with van der Waals surface area (Å²) in [6.07, 6.45) is -4.99. The number of carbonyl (C=O) groups excluding carboxylic acids is 5. The highest BCUT2D eigenvalue weighted by molar-refractivity contribution is 7.80. The SMILES string of the molecule is C=CCOC(=O)C1(CC)OCCN(C(=O)c2ccccc2)C1=O.C=CC[C@@]1(CC)OCCN(C(=O)c2ccccc2)C1=O.Cc1ccc(P(c2ccc(C(F)(F)F)cc2)c2ccc(C(F)(F)F)cc2C2=N[C@H](C(C)(C)C)CO2)cc1. The van der Waals surface area contributed by atoms with Gasteiger partial charge in [-0.2, -0.15) is 26.3 Å². The molecule has 0 bridgehead atoms. The highest BCUT2D eigenvalue weighted by Crippen LogP contribution is 2.40. The lowest BCUT2D eigenvalue weighted by atomic mass is 9.88. The summed E-state index contributed by atoms with van der Waals surface area (Å²) >= 11 is 0. The normalized spacial score (nSPS) is 19.7. The zero-order chi connectivity index (χ0) is 58.6. The van der Waals surface area contributed by atoms with Gasteiger partial charge in [-0.05, 0) is 97.5 Å². The summed E-state index contributed by atoms with van der Waals surface area (Å²) in [5.41, 5.74) is -2.53. The Labute approximate surface area is 463 Å². The molecule has 3 heterocycles. The number of aryl methyl sites for hydroxylation is 1. The first-order chi connectivity index (χ1) is 37.8. The summed E-state index contributed by atoms with van der Waals surface area (Å²) in [6, 6.07) is 32.7. The topological polar surface area (TPSA) is 141 Å². The van der Waals surface area contributed by atoms with Gasteiger partial charge in [0.1, 0.15) is 13.2 Å². The zero-order valence-electron chi connectivity index (χ0n) is 45.4. The number of imide groups is 2. The lowest BCUT2D eigenvalue weighted by molar-refractivity contribution is -0.189. The second-order valence-corrected chi connectivity index (χ2v) is 22.1. The number of carbonyl (C=O) groups is 5. The molecule has 0 spiro atoms. The lowest BCUT2D eigenvalue weighted by Gasteiger charge is -2.39.